The third-order valence-corrected chi connectivity index (χ3v) is 18.5. The second kappa shape index (κ2) is 18.9. The number of furan rings is 2. The van der Waals surface area contributed by atoms with Crippen LogP contribution in [0.5, 0.6) is 0 Å². The zero-order valence-electron chi connectivity index (χ0n) is 48.6. The van der Waals surface area contributed by atoms with Crippen LogP contribution in [0, 0.1) is 10.8 Å². The highest BCUT2D eigenvalue weighted by Gasteiger charge is 2.59. The van der Waals surface area contributed by atoms with E-state index in [1.54, 1.807) is 0 Å². The average molecular weight is 1100 g/mol. The predicted molar refractivity (Wildman–Crippen MR) is 359 cm³/mol. The minimum atomic E-state index is -0.455. The molecule has 0 saturated carbocycles. The monoisotopic (exact) mass is 1090 g/mol. The molecule has 0 aliphatic heterocycles. The first-order valence-electron chi connectivity index (χ1n) is 29.7. The van der Waals surface area contributed by atoms with E-state index < -0.39 is 5.41 Å². The van der Waals surface area contributed by atoms with Crippen LogP contribution in [0.3, 0.4) is 0 Å². The molecule has 4 heteroatoms. The Balaban J connectivity index is 0.905. The zero-order chi connectivity index (χ0) is 57.3. The molecule has 13 aromatic carbocycles. The summed E-state index contributed by atoms with van der Waals surface area (Å²) in [6.07, 6.45) is 0. The lowest BCUT2D eigenvalue weighted by Crippen LogP contribution is -2.50. The van der Waals surface area contributed by atoms with Crippen LogP contribution in [0.1, 0.15) is 52.7 Å². The molecule has 1 aliphatic rings. The van der Waals surface area contributed by atoms with Gasteiger partial charge in [0, 0.05) is 60.8 Å². The van der Waals surface area contributed by atoms with Crippen molar-refractivity contribution in [1.29, 1.82) is 0 Å². The Labute approximate surface area is 495 Å². The molecule has 0 fully saturated rings. The smallest absolute Gasteiger partial charge is 0.159 e. The van der Waals surface area contributed by atoms with Gasteiger partial charge in [-0.15, -0.1) is 0 Å². The summed E-state index contributed by atoms with van der Waals surface area (Å²) >= 11 is 0. The third kappa shape index (κ3) is 7.54. The first-order valence-corrected chi connectivity index (χ1v) is 29.7. The van der Waals surface area contributed by atoms with Crippen molar-refractivity contribution >= 4 is 110 Å². The average Bonchev–Trinajstić information content (AvgIpc) is 1.54. The van der Waals surface area contributed by atoms with Crippen LogP contribution in [0.4, 0.5) is 34.1 Å². The van der Waals surface area contributed by atoms with Crippen LogP contribution in [0.15, 0.2) is 276 Å². The fourth-order valence-electron chi connectivity index (χ4n) is 15.4. The van der Waals surface area contributed by atoms with Crippen LogP contribution in [-0.2, 0) is 5.41 Å². The molecule has 0 spiro atoms. The number of hydrogen-bond donors (Lipinski definition) is 0. The lowest BCUT2D eigenvalue weighted by atomic mass is 9.49. The summed E-state index contributed by atoms with van der Waals surface area (Å²) < 4.78 is 14.3. The molecule has 0 unspecified atom stereocenters. The fraction of sp³-hybridized carbons (Fsp3) is 0.111. The Kier molecular flexibility index (Phi) is 11.3. The van der Waals surface area contributed by atoms with Gasteiger partial charge in [-0.1, -0.05) is 236 Å². The van der Waals surface area contributed by atoms with Gasteiger partial charge in [0.1, 0.15) is 11.2 Å². The minimum absolute atomic E-state index is 0.248. The van der Waals surface area contributed by atoms with Gasteiger partial charge in [-0.3, -0.25) is 0 Å². The minimum Gasteiger partial charge on any atom is -0.453 e. The van der Waals surface area contributed by atoms with Crippen molar-refractivity contribution in [3.63, 3.8) is 0 Å². The van der Waals surface area contributed by atoms with Crippen molar-refractivity contribution in [2.45, 2.75) is 47.0 Å². The van der Waals surface area contributed by atoms with E-state index >= 15 is 0 Å². The highest BCUT2D eigenvalue weighted by atomic mass is 16.3. The summed E-state index contributed by atoms with van der Waals surface area (Å²) in [5.74, 6) is 0. The lowest BCUT2D eigenvalue weighted by Gasteiger charge is -2.53. The summed E-state index contributed by atoms with van der Waals surface area (Å²) in [5, 5.41) is 11.8. The summed E-state index contributed by atoms with van der Waals surface area (Å²) in [4.78, 5) is 4.77. The Morgan fingerprint density at radius 2 is 0.729 bits per heavy atom. The quantitative estimate of drug-likeness (QED) is 0.142. The van der Waals surface area contributed by atoms with Gasteiger partial charge >= 0.3 is 0 Å². The van der Waals surface area contributed by atoms with E-state index in [4.69, 9.17) is 8.83 Å². The second-order valence-corrected chi connectivity index (χ2v) is 25.2. The number of para-hydroxylation sites is 6. The van der Waals surface area contributed by atoms with Crippen LogP contribution in [-0.4, -0.2) is 0 Å². The van der Waals surface area contributed by atoms with Crippen LogP contribution < -0.4 is 9.80 Å². The molecule has 0 atom stereocenters. The largest absolute Gasteiger partial charge is 0.453 e. The van der Waals surface area contributed by atoms with Crippen LogP contribution in [0.25, 0.3) is 110 Å². The Bertz CT molecular complexity index is 5130. The number of hydrogen-bond acceptors (Lipinski definition) is 4. The molecule has 0 N–H and O–H groups in total. The van der Waals surface area contributed by atoms with Crippen LogP contribution in [0.2, 0.25) is 0 Å². The SMILES string of the molecule is CC(C)(C)C1(C(C)(C)C)c2cc3cc(N(c4ccccc4)c4cccc5c4oc4c(-c6ccccc6)cccc45)ccc3cc2-c2c1c1ccc(N(c3ccccc3)c3cccc4c3oc3c(-c5ccccc5)cccc34)cc1c1ccccc21. The van der Waals surface area contributed by atoms with Crippen molar-refractivity contribution < 1.29 is 8.83 Å². The van der Waals surface area contributed by atoms with Gasteiger partial charge in [-0.05, 0) is 149 Å². The van der Waals surface area contributed by atoms with E-state index in [1.165, 1.54) is 54.6 Å². The van der Waals surface area contributed by atoms with Gasteiger partial charge in [-0.2, -0.15) is 0 Å². The van der Waals surface area contributed by atoms with Crippen LogP contribution >= 0.6 is 0 Å². The highest BCUT2D eigenvalue weighted by Crippen LogP contribution is 2.68. The van der Waals surface area contributed by atoms with E-state index in [0.29, 0.717) is 0 Å². The van der Waals surface area contributed by atoms with Crippen molar-refractivity contribution in [1.82, 2.24) is 0 Å². The number of fused-ring (bicyclic) bond motifs is 15. The zero-order valence-corrected chi connectivity index (χ0v) is 48.6. The molecule has 0 saturated heterocycles. The maximum absolute atomic E-state index is 7.14. The molecule has 0 amide bonds. The molecule has 15 aromatic rings. The summed E-state index contributed by atoms with van der Waals surface area (Å²) in [6, 6.07) is 97.3. The molecule has 2 aromatic heterocycles. The van der Waals surface area contributed by atoms with E-state index in [-0.39, 0.29) is 10.8 Å². The first-order chi connectivity index (χ1) is 41.5. The number of anilines is 6. The molecule has 408 valence electrons. The molecule has 85 heavy (non-hydrogen) atoms. The molecular formula is C81H62N2O2. The van der Waals surface area contributed by atoms with Gasteiger partial charge in [0.05, 0.1) is 11.4 Å². The summed E-state index contributed by atoms with van der Waals surface area (Å²) in [7, 11) is 0. The summed E-state index contributed by atoms with van der Waals surface area (Å²) in [6.45, 7) is 14.8. The fourth-order valence-corrected chi connectivity index (χ4v) is 15.4. The van der Waals surface area contributed by atoms with Crippen molar-refractivity contribution in [3.8, 4) is 33.4 Å². The van der Waals surface area contributed by atoms with Crippen molar-refractivity contribution in [3.05, 3.63) is 278 Å². The van der Waals surface area contributed by atoms with E-state index in [0.717, 1.165) is 100 Å². The Morgan fingerprint density at radius 3 is 1.25 bits per heavy atom. The van der Waals surface area contributed by atoms with Gasteiger partial charge < -0.3 is 18.6 Å². The van der Waals surface area contributed by atoms with Gasteiger partial charge in [-0.25, -0.2) is 0 Å². The van der Waals surface area contributed by atoms with E-state index in [2.05, 4.69) is 318 Å². The van der Waals surface area contributed by atoms with Crippen molar-refractivity contribution in [2.75, 3.05) is 9.80 Å². The molecule has 2 heterocycles. The van der Waals surface area contributed by atoms with Gasteiger partial charge in [0.2, 0.25) is 0 Å². The molecule has 0 bridgehead atoms. The molecule has 16 rings (SSSR count). The molecule has 4 nitrogen and oxygen atoms in total. The topological polar surface area (TPSA) is 32.8 Å². The van der Waals surface area contributed by atoms with Gasteiger partial charge in [0.25, 0.3) is 0 Å². The number of nitrogens with zero attached hydrogens (tertiary/aromatic N) is 2. The molecular weight excluding hydrogens is 1030 g/mol. The molecule has 1 aliphatic carbocycles. The molecule has 0 radical (unpaired) electrons. The number of rotatable bonds is 8. The number of benzene rings is 13. The standard InChI is InChI=1S/C81H62N2O2/c1-79(2,3)81(80(4,5)6)70-49-54-47-57(82(55-29-15-9-16-30-55)71-41-23-39-66-64-37-21-35-59(75(64)84-77(66)71)51-25-11-7-12-26-51)44-43-53(54)48-69(70)73-62-34-20-19-33-61(62)68-50-58(45-46-63(68)74(73)81)83(56-31-17-10-18-32-56)72-42-24-40-67-65-38-22-36-60(76(65)85-78(67)72)52-27-13-8-14-28-52/h7-50H,1-6H3. The Morgan fingerprint density at radius 1 is 0.294 bits per heavy atom. The third-order valence-electron chi connectivity index (χ3n) is 18.5. The maximum atomic E-state index is 7.14. The predicted octanol–water partition coefficient (Wildman–Crippen LogP) is 23.6. The van der Waals surface area contributed by atoms with Gasteiger partial charge in [0.15, 0.2) is 11.2 Å². The van der Waals surface area contributed by atoms with E-state index in [9.17, 15) is 0 Å². The lowest BCUT2D eigenvalue weighted by molar-refractivity contribution is 0.0965. The Hall–Kier alpha value is -10.2. The highest BCUT2D eigenvalue weighted by molar-refractivity contribution is 6.21. The first kappa shape index (κ1) is 50.6. The second-order valence-electron chi connectivity index (χ2n) is 25.2. The van der Waals surface area contributed by atoms with E-state index in [1.807, 2.05) is 0 Å². The van der Waals surface area contributed by atoms with Crippen molar-refractivity contribution in [2.24, 2.45) is 10.8 Å². The summed E-state index contributed by atoms with van der Waals surface area (Å²) in [5.41, 5.74) is 18.6. The maximum Gasteiger partial charge on any atom is 0.159 e. The normalized spacial score (nSPS) is 13.2.